The van der Waals surface area contributed by atoms with Gasteiger partial charge in [-0.3, -0.25) is 0 Å². The second-order valence-electron chi connectivity index (χ2n) is 6.19. The average Bonchev–Trinajstić information content (AvgIpc) is 2.37. The molecule has 2 rings (SSSR count). The fraction of sp³-hybridized carbons (Fsp3) is 1.00. The summed E-state index contributed by atoms with van der Waals surface area (Å²) in [5.41, 5.74) is 6.94. The van der Waals surface area contributed by atoms with Gasteiger partial charge in [0.2, 0.25) is 0 Å². The molecule has 0 aromatic heterocycles. The van der Waals surface area contributed by atoms with Crippen molar-refractivity contribution in [1.82, 2.24) is 4.90 Å². The summed E-state index contributed by atoms with van der Waals surface area (Å²) in [6.07, 6.45) is 2.61. The third-order valence-electron chi connectivity index (χ3n) is 3.42. The molecule has 1 aliphatic carbocycles. The van der Waals surface area contributed by atoms with E-state index in [1.165, 1.54) is 32.5 Å². The van der Waals surface area contributed by atoms with Gasteiger partial charge in [-0.25, -0.2) is 0 Å². The third kappa shape index (κ3) is 1.89. The molecular formula is C11H22N2. The molecule has 2 nitrogen and oxygen atoms in total. The topological polar surface area (TPSA) is 29.3 Å². The van der Waals surface area contributed by atoms with Crippen molar-refractivity contribution in [3.05, 3.63) is 0 Å². The van der Waals surface area contributed by atoms with Crippen LogP contribution in [0, 0.1) is 10.8 Å². The van der Waals surface area contributed by atoms with Gasteiger partial charge in [-0.2, -0.15) is 0 Å². The van der Waals surface area contributed by atoms with E-state index in [1.54, 1.807) is 0 Å². The molecule has 1 saturated carbocycles. The van der Waals surface area contributed by atoms with Crippen molar-refractivity contribution in [3.8, 4) is 0 Å². The van der Waals surface area contributed by atoms with Crippen LogP contribution in [0.3, 0.4) is 0 Å². The highest BCUT2D eigenvalue weighted by molar-refractivity contribution is 5.11. The summed E-state index contributed by atoms with van der Waals surface area (Å²) in [4.78, 5) is 2.59. The second-order valence-corrected chi connectivity index (χ2v) is 6.19. The smallest absolute Gasteiger partial charge is 0.0115 e. The summed E-state index contributed by atoms with van der Waals surface area (Å²) in [5, 5.41) is 0. The molecule has 2 heteroatoms. The maximum absolute atomic E-state index is 5.96. The Hall–Kier alpha value is -0.0800. The SMILES string of the molecule is CC(C)(C)CN1CC[C@]2(C[C@@H]2N)C1. The third-order valence-corrected chi connectivity index (χ3v) is 3.42. The summed E-state index contributed by atoms with van der Waals surface area (Å²) < 4.78 is 0. The molecule has 0 aromatic rings. The van der Waals surface area contributed by atoms with Crippen molar-refractivity contribution >= 4 is 0 Å². The monoisotopic (exact) mass is 182 g/mol. The van der Waals surface area contributed by atoms with Crippen LogP contribution in [0.2, 0.25) is 0 Å². The second kappa shape index (κ2) is 2.71. The van der Waals surface area contributed by atoms with Gasteiger partial charge in [0.15, 0.2) is 0 Å². The van der Waals surface area contributed by atoms with Crippen LogP contribution in [0.5, 0.6) is 0 Å². The summed E-state index contributed by atoms with van der Waals surface area (Å²) >= 11 is 0. The lowest BCUT2D eigenvalue weighted by atomic mass is 9.96. The van der Waals surface area contributed by atoms with Crippen LogP contribution in [0.25, 0.3) is 0 Å². The number of rotatable bonds is 1. The van der Waals surface area contributed by atoms with Crippen molar-refractivity contribution in [3.63, 3.8) is 0 Å². The number of nitrogens with zero attached hydrogens (tertiary/aromatic N) is 1. The number of nitrogens with two attached hydrogens (primary N) is 1. The maximum Gasteiger partial charge on any atom is 0.0115 e. The molecular weight excluding hydrogens is 160 g/mol. The minimum atomic E-state index is 0.435. The molecule has 2 N–H and O–H groups in total. The van der Waals surface area contributed by atoms with Crippen LogP contribution in [0.15, 0.2) is 0 Å². The Balaban J connectivity index is 1.86. The fourth-order valence-electron chi connectivity index (χ4n) is 2.64. The van der Waals surface area contributed by atoms with E-state index in [-0.39, 0.29) is 0 Å². The minimum absolute atomic E-state index is 0.435. The van der Waals surface area contributed by atoms with E-state index in [9.17, 15) is 0 Å². The van der Waals surface area contributed by atoms with Gasteiger partial charge in [0.1, 0.15) is 0 Å². The summed E-state index contributed by atoms with van der Waals surface area (Å²) in [7, 11) is 0. The molecule has 1 aliphatic heterocycles. The highest BCUT2D eigenvalue weighted by Crippen LogP contribution is 2.51. The van der Waals surface area contributed by atoms with Gasteiger partial charge in [0, 0.05) is 24.5 Å². The number of likely N-dealkylation sites (tertiary alicyclic amines) is 1. The Labute approximate surface area is 81.5 Å². The minimum Gasteiger partial charge on any atom is -0.327 e. The Kier molecular flexibility index (Phi) is 1.97. The van der Waals surface area contributed by atoms with Crippen molar-refractivity contribution in [2.75, 3.05) is 19.6 Å². The molecule has 1 spiro atoms. The van der Waals surface area contributed by atoms with Crippen molar-refractivity contribution in [2.45, 2.75) is 39.7 Å². The largest absolute Gasteiger partial charge is 0.327 e. The molecule has 0 unspecified atom stereocenters. The zero-order valence-corrected chi connectivity index (χ0v) is 9.14. The van der Waals surface area contributed by atoms with Crippen molar-refractivity contribution < 1.29 is 0 Å². The standard InChI is InChI=1S/C11H22N2/c1-10(2,3)7-13-5-4-11(8-13)6-9(11)12/h9H,4-8,12H2,1-3H3/t9-,11-/m0/s1. The van der Waals surface area contributed by atoms with Crippen LogP contribution in [0.1, 0.15) is 33.6 Å². The van der Waals surface area contributed by atoms with E-state index in [0.29, 0.717) is 16.9 Å². The Morgan fingerprint density at radius 2 is 2.08 bits per heavy atom. The van der Waals surface area contributed by atoms with Crippen LogP contribution in [0.4, 0.5) is 0 Å². The molecule has 1 saturated heterocycles. The highest BCUT2D eigenvalue weighted by Gasteiger charge is 2.55. The van der Waals surface area contributed by atoms with Crippen molar-refractivity contribution in [1.29, 1.82) is 0 Å². The van der Waals surface area contributed by atoms with E-state index >= 15 is 0 Å². The van der Waals surface area contributed by atoms with Gasteiger partial charge < -0.3 is 10.6 Å². The molecule has 0 bridgehead atoms. The Morgan fingerprint density at radius 3 is 2.46 bits per heavy atom. The number of hydrogen-bond acceptors (Lipinski definition) is 2. The van der Waals surface area contributed by atoms with Crippen LogP contribution in [-0.4, -0.2) is 30.6 Å². The van der Waals surface area contributed by atoms with E-state index in [2.05, 4.69) is 25.7 Å². The lowest BCUT2D eigenvalue weighted by molar-refractivity contribution is 0.218. The highest BCUT2D eigenvalue weighted by atomic mass is 15.2. The first kappa shape index (κ1) is 9.47. The quantitative estimate of drug-likeness (QED) is 0.665. The van der Waals surface area contributed by atoms with Crippen LogP contribution >= 0.6 is 0 Å². The summed E-state index contributed by atoms with van der Waals surface area (Å²) in [5.74, 6) is 0. The molecule has 13 heavy (non-hydrogen) atoms. The summed E-state index contributed by atoms with van der Waals surface area (Å²) in [6, 6.07) is 0.512. The van der Waals surface area contributed by atoms with E-state index < -0.39 is 0 Å². The lowest BCUT2D eigenvalue weighted by Crippen LogP contribution is -2.31. The van der Waals surface area contributed by atoms with Gasteiger partial charge in [-0.05, 0) is 24.8 Å². The zero-order chi connectivity index (χ0) is 9.69. The molecule has 0 radical (unpaired) electrons. The van der Waals surface area contributed by atoms with Crippen molar-refractivity contribution in [2.24, 2.45) is 16.6 Å². The predicted molar refractivity (Wildman–Crippen MR) is 55.5 cm³/mol. The van der Waals surface area contributed by atoms with E-state index in [1.807, 2.05) is 0 Å². The number of hydrogen-bond donors (Lipinski definition) is 1. The molecule has 2 aliphatic rings. The van der Waals surface area contributed by atoms with E-state index in [0.717, 1.165) is 0 Å². The first-order chi connectivity index (χ1) is 5.91. The van der Waals surface area contributed by atoms with Gasteiger partial charge in [0.05, 0.1) is 0 Å². The first-order valence-corrected chi connectivity index (χ1v) is 5.39. The molecule has 1 heterocycles. The van der Waals surface area contributed by atoms with Gasteiger partial charge in [-0.1, -0.05) is 20.8 Å². The lowest BCUT2D eigenvalue weighted by Gasteiger charge is -2.26. The summed E-state index contributed by atoms with van der Waals surface area (Å²) in [6.45, 7) is 10.7. The van der Waals surface area contributed by atoms with E-state index in [4.69, 9.17) is 5.73 Å². The fourth-order valence-corrected chi connectivity index (χ4v) is 2.64. The van der Waals surface area contributed by atoms with Gasteiger partial charge in [-0.15, -0.1) is 0 Å². The molecule has 0 amide bonds. The van der Waals surface area contributed by atoms with Gasteiger partial charge in [0.25, 0.3) is 0 Å². The molecule has 0 aromatic carbocycles. The van der Waals surface area contributed by atoms with Gasteiger partial charge >= 0.3 is 0 Å². The predicted octanol–water partition coefficient (Wildman–Crippen LogP) is 1.46. The molecule has 76 valence electrons. The first-order valence-electron chi connectivity index (χ1n) is 5.39. The molecule has 2 fully saturated rings. The molecule has 2 atom stereocenters. The zero-order valence-electron chi connectivity index (χ0n) is 9.14. The normalized spacial score (nSPS) is 40.2. The van der Waals surface area contributed by atoms with Crippen LogP contribution < -0.4 is 5.73 Å². The Morgan fingerprint density at radius 1 is 1.46 bits per heavy atom. The van der Waals surface area contributed by atoms with Crippen LogP contribution in [-0.2, 0) is 0 Å². The Bertz CT molecular complexity index is 207. The average molecular weight is 182 g/mol. The maximum atomic E-state index is 5.96.